The smallest absolute Gasteiger partial charge is 0.265 e. The van der Waals surface area contributed by atoms with Gasteiger partial charge in [0.05, 0.1) is 10.7 Å². The van der Waals surface area contributed by atoms with Crippen molar-refractivity contribution in [3.63, 3.8) is 0 Å². The lowest BCUT2D eigenvalue weighted by Crippen LogP contribution is -2.48. The summed E-state index contributed by atoms with van der Waals surface area (Å²) in [5, 5.41) is 0.958. The molecule has 3 heterocycles. The van der Waals surface area contributed by atoms with Crippen molar-refractivity contribution in [2.75, 3.05) is 18.0 Å². The number of carbonyl (C=O) groups excluding carboxylic acids is 1. The van der Waals surface area contributed by atoms with Crippen LogP contribution in [0.5, 0.6) is 0 Å². The molecule has 1 amide bonds. The topological polar surface area (TPSA) is 62.2 Å². The molecule has 1 saturated carbocycles. The minimum Gasteiger partial charge on any atom is -0.350 e. The van der Waals surface area contributed by atoms with Crippen molar-refractivity contribution in [1.29, 1.82) is 0 Å². The second-order valence-corrected chi connectivity index (χ2v) is 8.53. The molecule has 1 aliphatic carbocycles. The van der Waals surface area contributed by atoms with Gasteiger partial charge in [-0.15, -0.1) is 11.3 Å². The Morgan fingerprint density at radius 2 is 1.81 bits per heavy atom. The van der Waals surface area contributed by atoms with Gasteiger partial charge in [-0.05, 0) is 46.5 Å². The standard InChI is InChI=1S/C19H25N5OS/c1-12-10-17(21-11-20-12)24(15-4-5-15)16-6-8-23(9-7-16)19(25)18-13(2)22-14(3)26-18/h10-11,15-16H,4-9H2,1-3H3. The Hall–Kier alpha value is -2.02. The van der Waals surface area contributed by atoms with E-state index in [-0.39, 0.29) is 5.91 Å². The summed E-state index contributed by atoms with van der Waals surface area (Å²) in [6.07, 6.45) is 6.11. The average Bonchev–Trinajstić information content (AvgIpc) is 3.39. The number of aromatic nitrogens is 3. The number of carbonyl (C=O) groups is 1. The number of anilines is 1. The summed E-state index contributed by atoms with van der Waals surface area (Å²) in [7, 11) is 0. The van der Waals surface area contributed by atoms with Gasteiger partial charge in [0.1, 0.15) is 17.0 Å². The molecule has 0 unspecified atom stereocenters. The lowest BCUT2D eigenvalue weighted by Gasteiger charge is -2.39. The Morgan fingerprint density at radius 3 is 2.38 bits per heavy atom. The van der Waals surface area contributed by atoms with Crippen molar-refractivity contribution in [2.24, 2.45) is 0 Å². The molecular weight excluding hydrogens is 346 g/mol. The van der Waals surface area contributed by atoms with Gasteiger partial charge in [0, 0.05) is 36.9 Å². The van der Waals surface area contributed by atoms with Gasteiger partial charge >= 0.3 is 0 Å². The predicted octanol–water partition coefficient (Wildman–Crippen LogP) is 3.13. The van der Waals surface area contributed by atoms with E-state index >= 15 is 0 Å². The zero-order chi connectivity index (χ0) is 18.3. The van der Waals surface area contributed by atoms with Crippen LogP contribution in [0, 0.1) is 20.8 Å². The molecule has 2 fully saturated rings. The molecule has 2 aromatic heterocycles. The Morgan fingerprint density at radius 1 is 1.12 bits per heavy atom. The monoisotopic (exact) mass is 371 g/mol. The van der Waals surface area contributed by atoms with E-state index in [1.54, 1.807) is 6.33 Å². The van der Waals surface area contributed by atoms with Gasteiger partial charge in [-0.1, -0.05) is 0 Å². The number of likely N-dealkylation sites (tertiary alicyclic amines) is 1. The van der Waals surface area contributed by atoms with Crippen LogP contribution in [0.2, 0.25) is 0 Å². The normalized spacial score (nSPS) is 18.2. The highest BCUT2D eigenvalue weighted by Gasteiger charge is 2.37. The SMILES string of the molecule is Cc1cc(N(C2CC2)C2CCN(C(=O)c3sc(C)nc3C)CC2)ncn1. The number of hydrogen-bond donors (Lipinski definition) is 0. The fourth-order valence-corrected chi connectivity index (χ4v) is 4.71. The first-order valence-corrected chi connectivity index (χ1v) is 10.1. The van der Waals surface area contributed by atoms with E-state index in [1.807, 2.05) is 25.7 Å². The second kappa shape index (κ2) is 6.95. The number of amides is 1. The maximum absolute atomic E-state index is 12.8. The van der Waals surface area contributed by atoms with Crippen LogP contribution in [0.3, 0.4) is 0 Å². The number of thiazole rings is 1. The van der Waals surface area contributed by atoms with Gasteiger partial charge in [-0.25, -0.2) is 15.0 Å². The Kier molecular flexibility index (Phi) is 4.65. The Balaban J connectivity index is 1.45. The highest BCUT2D eigenvalue weighted by Crippen LogP contribution is 2.35. The van der Waals surface area contributed by atoms with Gasteiger partial charge in [0.2, 0.25) is 0 Å². The minimum atomic E-state index is 0.141. The van der Waals surface area contributed by atoms with Gasteiger partial charge < -0.3 is 9.80 Å². The number of aryl methyl sites for hydroxylation is 3. The fraction of sp³-hybridized carbons (Fsp3) is 0.579. The Bertz CT molecular complexity index is 808. The van der Waals surface area contributed by atoms with Gasteiger partial charge in [0.15, 0.2) is 0 Å². The fourth-order valence-electron chi connectivity index (χ4n) is 3.83. The molecule has 1 aliphatic heterocycles. The number of hydrogen-bond acceptors (Lipinski definition) is 6. The molecule has 26 heavy (non-hydrogen) atoms. The number of rotatable bonds is 4. The molecule has 4 rings (SSSR count). The van der Waals surface area contributed by atoms with Crippen molar-refractivity contribution in [3.8, 4) is 0 Å². The molecule has 0 radical (unpaired) electrons. The van der Waals surface area contributed by atoms with E-state index < -0.39 is 0 Å². The van der Waals surface area contributed by atoms with Crippen LogP contribution in [0.1, 0.15) is 51.8 Å². The van der Waals surface area contributed by atoms with Crippen molar-refractivity contribution >= 4 is 23.1 Å². The molecule has 0 N–H and O–H groups in total. The van der Waals surface area contributed by atoms with E-state index in [0.29, 0.717) is 12.1 Å². The number of piperidine rings is 1. The highest BCUT2D eigenvalue weighted by atomic mass is 32.1. The number of nitrogens with zero attached hydrogens (tertiary/aromatic N) is 5. The molecule has 7 heteroatoms. The predicted molar refractivity (Wildman–Crippen MR) is 103 cm³/mol. The summed E-state index contributed by atoms with van der Waals surface area (Å²) >= 11 is 1.51. The third kappa shape index (κ3) is 3.45. The molecule has 1 saturated heterocycles. The van der Waals surface area contributed by atoms with E-state index in [2.05, 4.69) is 25.9 Å². The lowest BCUT2D eigenvalue weighted by atomic mass is 10.0. The van der Waals surface area contributed by atoms with Crippen LogP contribution in [0.15, 0.2) is 12.4 Å². The molecule has 0 atom stereocenters. The van der Waals surface area contributed by atoms with Crippen LogP contribution < -0.4 is 4.90 Å². The summed E-state index contributed by atoms with van der Waals surface area (Å²) in [5.74, 6) is 1.18. The zero-order valence-electron chi connectivity index (χ0n) is 15.6. The van der Waals surface area contributed by atoms with Crippen molar-refractivity contribution in [2.45, 2.75) is 58.5 Å². The average molecular weight is 372 g/mol. The minimum absolute atomic E-state index is 0.141. The van der Waals surface area contributed by atoms with E-state index in [9.17, 15) is 4.79 Å². The van der Waals surface area contributed by atoms with E-state index in [0.717, 1.165) is 53.0 Å². The van der Waals surface area contributed by atoms with E-state index in [4.69, 9.17) is 0 Å². The lowest BCUT2D eigenvalue weighted by molar-refractivity contribution is 0.0716. The van der Waals surface area contributed by atoms with Crippen molar-refractivity contribution in [3.05, 3.63) is 33.7 Å². The molecule has 0 spiro atoms. The highest BCUT2D eigenvalue weighted by molar-refractivity contribution is 7.13. The summed E-state index contributed by atoms with van der Waals surface area (Å²) in [6.45, 7) is 7.49. The third-order valence-corrected chi connectivity index (χ3v) is 6.30. The molecule has 138 valence electrons. The molecule has 0 aromatic carbocycles. The molecule has 2 aliphatic rings. The quantitative estimate of drug-likeness (QED) is 0.826. The van der Waals surface area contributed by atoms with Crippen LogP contribution >= 0.6 is 11.3 Å². The molecule has 2 aromatic rings. The summed E-state index contributed by atoms with van der Waals surface area (Å²) in [5.41, 5.74) is 1.86. The third-order valence-electron chi connectivity index (χ3n) is 5.24. The second-order valence-electron chi connectivity index (χ2n) is 7.33. The Labute approximate surface area is 158 Å². The summed E-state index contributed by atoms with van der Waals surface area (Å²) < 4.78 is 0. The van der Waals surface area contributed by atoms with Crippen LogP contribution in [0.25, 0.3) is 0 Å². The van der Waals surface area contributed by atoms with Crippen molar-refractivity contribution < 1.29 is 4.79 Å². The first-order valence-electron chi connectivity index (χ1n) is 9.33. The van der Waals surface area contributed by atoms with Gasteiger partial charge in [-0.3, -0.25) is 4.79 Å². The summed E-state index contributed by atoms with van der Waals surface area (Å²) in [4.78, 5) is 31.3. The van der Waals surface area contributed by atoms with Gasteiger partial charge in [-0.2, -0.15) is 0 Å². The molecule has 0 bridgehead atoms. The largest absolute Gasteiger partial charge is 0.350 e. The van der Waals surface area contributed by atoms with Crippen LogP contribution in [-0.2, 0) is 0 Å². The van der Waals surface area contributed by atoms with Crippen LogP contribution in [-0.4, -0.2) is 50.9 Å². The van der Waals surface area contributed by atoms with Crippen LogP contribution in [0.4, 0.5) is 5.82 Å². The zero-order valence-corrected chi connectivity index (χ0v) is 16.4. The molecular formula is C19H25N5OS. The first kappa shape index (κ1) is 17.4. The van der Waals surface area contributed by atoms with E-state index in [1.165, 1.54) is 24.2 Å². The molecule has 6 nitrogen and oxygen atoms in total. The van der Waals surface area contributed by atoms with Gasteiger partial charge in [0.25, 0.3) is 5.91 Å². The summed E-state index contributed by atoms with van der Waals surface area (Å²) in [6, 6.07) is 3.13. The maximum atomic E-state index is 12.8. The maximum Gasteiger partial charge on any atom is 0.265 e. The van der Waals surface area contributed by atoms with Crippen molar-refractivity contribution in [1.82, 2.24) is 19.9 Å². The first-order chi connectivity index (χ1) is 12.5.